The third kappa shape index (κ3) is 3.67. The number of nitrogens with one attached hydrogen (secondary N) is 2. The number of amides is 2. The van der Waals surface area contributed by atoms with Gasteiger partial charge in [0.25, 0.3) is 0 Å². The second-order valence-electron chi connectivity index (χ2n) is 4.51. The van der Waals surface area contributed by atoms with Crippen LogP contribution in [-0.2, 0) is 4.74 Å². The van der Waals surface area contributed by atoms with E-state index in [2.05, 4.69) is 10.6 Å². The molecular weight excluding hydrogens is 267 g/mol. The highest BCUT2D eigenvalue weighted by molar-refractivity contribution is 5.91. The van der Waals surface area contributed by atoms with Crippen molar-refractivity contribution < 1.29 is 23.8 Å². The molecule has 0 bridgehead atoms. The number of carbonyl (C=O) groups is 2. The second-order valence-corrected chi connectivity index (χ2v) is 4.51. The molecule has 1 aliphatic rings. The molecule has 1 aromatic rings. The Morgan fingerprint density at radius 3 is 2.80 bits per heavy atom. The predicted octanol–water partition coefficient (Wildman–Crippen LogP) is 1.82. The number of ether oxygens (including phenoxy) is 1. The number of benzene rings is 1. The number of halogens is 1. The van der Waals surface area contributed by atoms with Gasteiger partial charge in [-0.1, -0.05) is 0 Å². The summed E-state index contributed by atoms with van der Waals surface area (Å²) in [6, 6.07) is 2.89. The molecule has 1 atom stereocenters. The number of carbonyl (C=O) groups excluding carboxylic acids is 1. The molecule has 108 valence electrons. The molecule has 1 unspecified atom stereocenters. The van der Waals surface area contributed by atoms with Gasteiger partial charge in [0.2, 0.25) is 0 Å². The highest BCUT2D eigenvalue weighted by atomic mass is 19.1. The molecule has 1 saturated heterocycles. The summed E-state index contributed by atoms with van der Waals surface area (Å²) in [5.41, 5.74) is -0.238. The van der Waals surface area contributed by atoms with Crippen molar-refractivity contribution in [3.63, 3.8) is 0 Å². The minimum absolute atomic E-state index is 0.0631. The number of hydrogen-bond donors (Lipinski definition) is 3. The Morgan fingerprint density at radius 2 is 2.20 bits per heavy atom. The van der Waals surface area contributed by atoms with E-state index in [0.29, 0.717) is 13.2 Å². The van der Waals surface area contributed by atoms with E-state index in [9.17, 15) is 14.0 Å². The molecule has 0 aromatic heterocycles. The van der Waals surface area contributed by atoms with Gasteiger partial charge in [-0.05, 0) is 31.0 Å². The predicted molar refractivity (Wildman–Crippen MR) is 69.4 cm³/mol. The minimum Gasteiger partial charge on any atom is -0.478 e. The summed E-state index contributed by atoms with van der Waals surface area (Å²) in [4.78, 5) is 22.4. The molecule has 0 saturated carbocycles. The maximum Gasteiger partial charge on any atom is 0.338 e. The van der Waals surface area contributed by atoms with Crippen LogP contribution in [0.15, 0.2) is 18.2 Å². The van der Waals surface area contributed by atoms with Gasteiger partial charge in [-0.2, -0.15) is 0 Å². The van der Waals surface area contributed by atoms with E-state index < -0.39 is 23.4 Å². The van der Waals surface area contributed by atoms with Crippen LogP contribution < -0.4 is 10.6 Å². The normalized spacial score (nSPS) is 18.4. The first-order valence-electron chi connectivity index (χ1n) is 6.24. The van der Waals surface area contributed by atoms with Gasteiger partial charge in [0.05, 0.1) is 18.2 Å². The number of carboxylic acids is 1. The molecule has 2 rings (SSSR count). The Bertz CT molecular complexity index is 515. The number of carboxylic acid groups (broad SMARTS) is 1. The number of hydrogen-bond acceptors (Lipinski definition) is 3. The van der Waals surface area contributed by atoms with E-state index in [0.717, 1.165) is 25.0 Å². The zero-order valence-electron chi connectivity index (χ0n) is 10.7. The highest BCUT2D eigenvalue weighted by Gasteiger charge is 2.17. The SMILES string of the molecule is O=C(Nc1ccc(C(=O)O)c(F)c1)NC1CCCOC1. The van der Waals surface area contributed by atoms with Gasteiger partial charge in [-0.3, -0.25) is 0 Å². The van der Waals surface area contributed by atoms with Crippen molar-refractivity contribution in [2.24, 2.45) is 0 Å². The van der Waals surface area contributed by atoms with Gasteiger partial charge in [0.15, 0.2) is 0 Å². The Morgan fingerprint density at radius 1 is 1.40 bits per heavy atom. The molecule has 0 aliphatic carbocycles. The Hall–Kier alpha value is -2.15. The van der Waals surface area contributed by atoms with E-state index >= 15 is 0 Å². The van der Waals surface area contributed by atoms with Crippen LogP contribution >= 0.6 is 0 Å². The zero-order chi connectivity index (χ0) is 14.5. The summed E-state index contributed by atoms with van der Waals surface area (Å²) in [6.45, 7) is 1.15. The van der Waals surface area contributed by atoms with Crippen LogP contribution in [0.3, 0.4) is 0 Å². The molecule has 0 radical (unpaired) electrons. The van der Waals surface area contributed by atoms with Crippen molar-refractivity contribution in [2.75, 3.05) is 18.5 Å². The summed E-state index contributed by atoms with van der Waals surface area (Å²) >= 11 is 0. The Kier molecular flexibility index (Phi) is 4.52. The van der Waals surface area contributed by atoms with Crippen LogP contribution in [0.2, 0.25) is 0 Å². The lowest BCUT2D eigenvalue weighted by Gasteiger charge is -2.23. The first-order chi connectivity index (χ1) is 9.56. The first-order valence-corrected chi connectivity index (χ1v) is 6.24. The smallest absolute Gasteiger partial charge is 0.338 e. The highest BCUT2D eigenvalue weighted by Crippen LogP contribution is 2.15. The Labute approximate surface area is 114 Å². The Balaban J connectivity index is 1.93. The maximum atomic E-state index is 13.4. The molecule has 1 aromatic carbocycles. The van der Waals surface area contributed by atoms with Crippen molar-refractivity contribution >= 4 is 17.7 Å². The monoisotopic (exact) mass is 282 g/mol. The molecule has 20 heavy (non-hydrogen) atoms. The molecule has 1 heterocycles. The van der Waals surface area contributed by atoms with Gasteiger partial charge in [-0.15, -0.1) is 0 Å². The minimum atomic E-state index is -1.35. The number of urea groups is 1. The fourth-order valence-electron chi connectivity index (χ4n) is 1.97. The average Bonchev–Trinajstić information content (AvgIpc) is 2.39. The van der Waals surface area contributed by atoms with Crippen LogP contribution in [0.1, 0.15) is 23.2 Å². The topological polar surface area (TPSA) is 87.7 Å². The van der Waals surface area contributed by atoms with E-state index in [4.69, 9.17) is 9.84 Å². The summed E-state index contributed by atoms with van der Waals surface area (Å²) < 4.78 is 18.7. The van der Waals surface area contributed by atoms with Gasteiger partial charge in [0.1, 0.15) is 5.82 Å². The van der Waals surface area contributed by atoms with Gasteiger partial charge in [0, 0.05) is 12.3 Å². The van der Waals surface area contributed by atoms with E-state index in [1.165, 1.54) is 6.07 Å². The van der Waals surface area contributed by atoms with Crippen LogP contribution in [0, 0.1) is 5.82 Å². The van der Waals surface area contributed by atoms with Gasteiger partial charge < -0.3 is 20.5 Å². The summed E-state index contributed by atoms with van der Waals surface area (Å²) in [5, 5.41) is 13.9. The summed E-state index contributed by atoms with van der Waals surface area (Å²) in [6.07, 6.45) is 1.71. The van der Waals surface area contributed by atoms with Crippen LogP contribution in [0.5, 0.6) is 0 Å². The largest absolute Gasteiger partial charge is 0.478 e. The van der Waals surface area contributed by atoms with Crippen LogP contribution in [0.4, 0.5) is 14.9 Å². The molecule has 2 amide bonds. The maximum absolute atomic E-state index is 13.4. The standard InChI is InChI=1S/C13H15FN2O4/c14-11-6-8(3-4-10(11)12(17)18)15-13(19)16-9-2-1-5-20-7-9/h3-4,6,9H,1-2,5,7H2,(H,17,18)(H2,15,16,19). The average molecular weight is 282 g/mol. The fourth-order valence-corrected chi connectivity index (χ4v) is 1.97. The molecule has 6 nitrogen and oxygen atoms in total. The van der Waals surface area contributed by atoms with Crippen molar-refractivity contribution in [3.8, 4) is 0 Å². The van der Waals surface area contributed by atoms with Crippen molar-refractivity contribution in [1.29, 1.82) is 0 Å². The quantitative estimate of drug-likeness (QED) is 0.789. The molecule has 1 fully saturated rings. The van der Waals surface area contributed by atoms with Crippen molar-refractivity contribution in [2.45, 2.75) is 18.9 Å². The van der Waals surface area contributed by atoms with Gasteiger partial charge >= 0.3 is 12.0 Å². The summed E-state index contributed by atoms with van der Waals surface area (Å²) in [7, 11) is 0. The van der Waals surface area contributed by atoms with Crippen LogP contribution in [-0.4, -0.2) is 36.4 Å². The van der Waals surface area contributed by atoms with Crippen LogP contribution in [0.25, 0.3) is 0 Å². The molecule has 7 heteroatoms. The lowest BCUT2D eigenvalue weighted by molar-refractivity contribution is 0.0692. The summed E-state index contributed by atoms with van der Waals surface area (Å²) in [5.74, 6) is -2.24. The molecule has 0 spiro atoms. The molecular formula is C13H15FN2O4. The van der Waals surface area contributed by atoms with Gasteiger partial charge in [-0.25, -0.2) is 14.0 Å². The second kappa shape index (κ2) is 6.33. The van der Waals surface area contributed by atoms with Crippen molar-refractivity contribution in [3.05, 3.63) is 29.6 Å². The van der Waals surface area contributed by atoms with E-state index in [1.807, 2.05) is 0 Å². The lowest BCUT2D eigenvalue weighted by Crippen LogP contribution is -2.42. The zero-order valence-corrected chi connectivity index (χ0v) is 10.7. The number of rotatable bonds is 3. The van der Waals surface area contributed by atoms with E-state index in [1.54, 1.807) is 0 Å². The number of anilines is 1. The van der Waals surface area contributed by atoms with E-state index in [-0.39, 0.29) is 11.7 Å². The lowest BCUT2D eigenvalue weighted by atomic mass is 10.1. The third-order valence-electron chi connectivity index (χ3n) is 2.95. The molecule has 3 N–H and O–H groups in total. The van der Waals surface area contributed by atoms with Crippen molar-refractivity contribution in [1.82, 2.24) is 5.32 Å². The first kappa shape index (κ1) is 14.3. The molecule has 1 aliphatic heterocycles. The third-order valence-corrected chi connectivity index (χ3v) is 2.95. The fraction of sp³-hybridized carbons (Fsp3) is 0.385. The number of aromatic carboxylic acids is 1.